The van der Waals surface area contributed by atoms with Crippen LogP contribution in [-0.4, -0.2) is 17.6 Å². The first kappa shape index (κ1) is 13.7. The lowest BCUT2D eigenvalue weighted by molar-refractivity contribution is -0.121. The van der Waals surface area contributed by atoms with Crippen molar-refractivity contribution in [1.82, 2.24) is 10.5 Å². The highest BCUT2D eigenvalue weighted by Gasteiger charge is 2.09. The molecule has 96 valence electrons. The van der Waals surface area contributed by atoms with Crippen LogP contribution in [0.2, 0.25) is 0 Å². The first-order valence-electron chi connectivity index (χ1n) is 6.03. The van der Waals surface area contributed by atoms with Crippen LogP contribution in [0.15, 0.2) is 4.52 Å². The zero-order valence-corrected chi connectivity index (χ0v) is 10.6. The normalized spacial score (nSPS) is 10.5. The summed E-state index contributed by atoms with van der Waals surface area (Å²) < 4.78 is 5.03. The highest BCUT2D eigenvalue weighted by Crippen LogP contribution is 2.11. The number of carbonyl (C=O) groups excluding carboxylic acids is 1. The number of nitrogens with zero attached hydrogens (tertiary/aromatic N) is 1. The fraction of sp³-hybridized carbons (Fsp3) is 0.667. The van der Waals surface area contributed by atoms with Crippen LogP contribution in [0.4, 0.5) is 0 Å². The zero-order valence-electron chi connectivity index (χ0n) is 10.6. The molecule has 0 unspecified atom stereocenters. The fourth-order valence-electron chi connectivity index (χ4n) is 1.64. The van der Waals surface area contributed by atoms with Gasteiger partial charge in [-0.05, 0) is 33.2 Å². The molecule has 3 N–H and O–H groups in total. The monoisotopic (exact) mass is 239 g/mol. The number of carbonyl (C=O) groups is 1. The predicted molar refractivity (Wildman–Crippen MR) is 65.3 cm³/mol. The Labute approximate surface area is 102 Å². The number of hydrogen-bond acceptors (Lipinski definition) is 4. The van der Waals surface area contributed by atoms with E-state index in [2.05, 4.69) is 10.5 Å². The Morgan fingerprint density at radius 1 is 1.35 bits per heavy atom. The van der Waals surface area contributed by atoms with Crippen molar-refractivity contribution in [3.63, 3.8) is 0 Å². The van der Waals surface area contributed by atoms with Gasteiger partial charge in [0.15, 0.2) is 0 Å². The van der Waals surface area contributed by atoms with Crippen molar-refractivity contribution in [3.05, 3.63) is 17.0 Å². The summed E-state index contributed by atoms with van der Waals surface area (Å²) in [7, 11) is 0. The van der Waals surface area contributed by atoms with Crippen molar-refractivity contribution in [2.45, 2.75) is 46.1 Å². The van der Waals surface area contributed by atoms with Gasteiger partial charge in [0.1, 0.15) is 5.76 Å². The van der Waals surface area contributed by atoms with Gasteiger partial charge in [0, 0.05) is 18.5 Å². The van der Waals surface area contributed by atoms with Crippen molar-refractivity contribution >= 4 is 5.91 Å². The van der Waals surface area contributed by atoms with Gasteiger partial charge in [-0.25, -0.2) is 0 Å². The number of unbranched alkanes of at least 4 members (excludes halogenated alkanes) is 2. The quantitative estimate of drug-likeness (QED) is 0.705. The average Bonchev–Trinajstić information content (AvgIpc) is 2.62. The summed E-state index contributed by atoms with van der Waals surface area (Å²) in [5.41, 5.74) is 7.19. The fourth-order valence-corrected chi connectivity index (χ4v) is 1.64. The Morgan fingerprint density at radius 2 is 2.12 bits per heavy atom. The van der Waals surface area contributed by atoms with Crippen molar-refractivity contribution in [1.29, 1.82) is 0 Å². The van der Waals surface area contributed by atoms with Gasteiger partial charge in [-0.2, -0.15) is 0 Å². The molecule has 0 aliphatic rings. The van der Waals surface area contributed by atoms with E-state index in [0.29, 0.717) is 19.5 Å². The van der Waals surface area contributed by atoms with E-state index in [9.17, 15) is 4.79 Å². The maximum Gasteiger partial charge on any atom is 0.220 e. The summed E-state index contributed by atoms with van der Waals surface area (Å²) in [6, 6.07) is 0. The van der Waals surface area contributed by atoms with Gasteiger partial charge in [-0.3, -0.25) is 4.79 Å². The third-order valence-electron chi connectivity index (χ3n) is 2.75. The molecule has 0 fully saturated rings. The summed E-state index contributed by atoms with van der Waals surface area (Å²) in [6.07, 6.45) is 3.44. The Hall–Kier alpha value is -1.36. The second-order valence-electron chi connectivity index (χ2n) is 4.18. The molecule has 0 saturated heterocycles. The largest absolute Gasteiger partial charge is 0.361 e. The topological polar surface area (TPSA) is 81.2 Å². The molecule has 0 bridgehead atoms. The molecule has 0 aromatic carbocycles. The van der Waals surface area contributed by atoms with Gasteiger partial charge in [0.2, 0.25) is 5.91 Å². The number of nitrogens with two attached hydrogens (primary N) is 1. The molecule has 1 aromatic heterocycles. The molecule has 0 aliphatic heterocycles. The number of aromatic nitrogens is 1. The van der Waals surface area contributed by atoms with E-state index in [0.717, 1.165) is 36.3 Å². The third kappa shape index (κ3) is 4.56. The lowest BCUT2D eigenvalue weighted by Gasteiger charge is -2.04. The minimum absolute atomic E-state index is 0.0713. The van der Waals surface area contributed by atoms with Gasteiger partial charge in [-0.15, -0.1) is 0 Å². The Morgan fingerprint density at radius 3 is 2.71 bits per heavy atom. The van der Waals surface area contributed by atoms with Gasteiger partial charge < -0.3 is 15.6 Å². The Balaban J connectivity index is 2.24. The average molecular weight is 239 g/mol. The first-order chi connectivity index (χ1) is 8.15. The molecule has 0 atom stereocenters. The smallest absolute Gasteiger partial charge is 0.220 e. The molecular weight excluding hydrogens is 218 g/mol. The molecule has 0 radical (unpaired) electrons. The number of amides is 1. The Kier molecular flexibility index (Phi) is 5.69. The van der Waals surface area contributed by atoms with E-state index in [1.165, 1.54) is 0 Å². The predicted octanol–water partition coefficient (Wildman–Crippen LogP) is 1.43. The molecule has 0 saturated carbocycles. The first-order valence-corrected chi connectivity index (χ1v) is 6.03. The van der Waals surface area contributed by atoms with E-state index in [4.69, 9.17) is 10.3 Å². The second-order valence-corrected chi connectivity index (χ2v) is 4.18. The lowest BCUT2D eigenvalue weighted by Crippen LogP contribution is -2.22. The summed E-state index contributed by atoms with van der Waals surface area (Å²) in [5.74, 6) is 0.841. The van der Waals surface area contributed by atoms with Crippen molar-refractivity contribution in [2.24, 2.45) is 5.73 Å². The SMILES string of the molecule is Cc1noc(C)c1CNC(=O)CCCCCN. The van der Waals surface area contributed by atoms with Crippen LogP contribution in [0, 0.1) is 13.8 Å². The minimum atomic E-state index is 0.0713. The van der Waals surface area contributed by atoms with Crippen molar-refractivity contribution in [3.8, 4) is 0 Å². The van der Waals surface area contributed by atoms with Gasteiger partial charge in [0.25, 0.3) is 0 Å². The van der Waals surface area contributed by atoms with E-state index in [1.54, 1.807) is 0 Å². The zero-order chi connectivity index (χ0) is 12.7. The highest BCUT2D eigenvalue weighted by atomic mass is 16.5. The van der Waals surface area contributed by atoms with Crippen LogP contribution >= 0.6 is 0 Å². The molecule has 1 heterocycles. The number of nitrogens with one attached hydrogen (secondary N) is 1. The summed E-state index contributed by atoms with van der Waals surface area (Å²) in [4.78, 5) is 11.5. The van der Waals surface area contributed by atoms with Gasteiger partial charge >= 0.3 is 0 Å². The van der Waals surface area contributed by atoms with Crippen LogP contribution < -0.4 is 11.1 Å². The van der Waals surface area contributed by atoms with Gasteiger partial charge in [0.05, 0.1) is 5.69 Å². The molecule has 1 amide bonds. The standard InChI is InChI=1S/C12H21N3O2/c1-9-11(10(2)17-15-9)8-14-12(16)6-4-3-5-7-13/h3-8,13H2,1-2H3,(H,14,16). The van der Waals surface area contributed by atoms with Crippen LogP contribution in [0.5, 0.6) is 0 Å². The van der Waals surface area contributed by atoms with Crippen molar-refractivity contribution in [2.75, 3.05) is 6.54 Å². The minimum Gasteiger partial charge on any atom is -0.361 e. The third-order valence-corrected chi connectivity index (χ3v) is 2.75. The van der Waals surface area contributed by atoms with Crippen LogP contribution in [0.25, 0.3) is 0 Å². The van der Waals surface area contributed by atoms with Crippen molar-refractivity contribution < 1.29 is 9.32 Å². The summed E-state index contributed by atoms with van der Waals surface area (Å²) in [6.45, 7) is 4.92. The van der Waals surface area contributed by atoms with Crippen LogP contribution in [-0.2, 0) is 11.3 Å². The van der Waals surface area contributed by atoms with E-state index in [-0.39, 0.29) is 5.91 Å². The van der Waals surface area contributed by atoms with E-state index >= 15 is 0 Å². The molecule has 17 heavy (non-hydrogen) atoms. The number of hydrogen-bond donors (Lipinski definition) is 2. The molecule has 0 spiro atoms. The molecule has 0 aliphatic carbocycles. The van der Waals surface area contributed by atoms with Crippen LogP contribution in [0.3, 0.4) is 0 Å². The highest BCUT2D eigenvalue weighted by molar-refractivity contribution is 5.75. The molecule has 1 aromatic rings. The van der Waals surface area contributed by atoms with E-state index < -0.39 is 0 Å². The van der Waals surface area contributed by atoms with E-state index in [1.807, 2.05) is 13.8 Å². The molecule has 5 heteroatoms. The summed E-state index contributed by atoms with van der Waals surface area (Å²) in [5, 5.41) is 6.71. The van der Waals surface area contributed by atoms with Gasteiger partial charge in [-0.1, -0.05) is 11.6 Å². The molecular formula is C12H21N3O2. The second kappa shape index (κ2) is 7.06. The summed E-state index contributed by atoms with van der Waals surface area (Å²) >= 11 is 0. The number of rotatable bonds is 7. The van der Waals surface area contributed by atoms with Crippen LogP contribution in [0.1, 0.15) is 42.7 Å². The number of aryl methyl sites for hydroxylation is 2. The molecule has 1 rings (SSSR count). The lowest BCUT2D eigenvalue weighted by atomic mass is 10.1. The maximum absolute atomic E-state index is 11.5. The molecule has 5 nitrogen and oxygen atoms in total. The maximum atomic E-state index is 11.5. The Bertz CT molecular complexity index is 341.